The minimum Gasteiger partial charge on any atom is -0.462 e. The molecule has 132 valence electrons. The highest BCUT2D eigenvalue weighted by Gasteiger charge is 2.29. The molecule has 8 heteroatoms. The van der Waals surface area contributed by atoms with E-state index in [0.29, 0.717) is 21.8 Å². The summed E-state index contributed by atoms with van der Waals surface area (Å²) in [5.74, 6) is -4.81. The van der Waals surface area contributed by atoms with Gasteiger partial charge < -0.3 is 4.74 Å². The van der Waals surface area contributed by atoms with Crippen LogP contribution in [0.1, 0.15) is 31.1 Å². The zero-order valence-corrected chi connectivity index (χ0v) is 15.1. The van der Waals surface area contributed by atoms with Gasteiger partial charge in [0.05, 0.1) is 16.4 Å². The average molecular weight is 378 g/mol. The lowest BCUT2D eigenvalue weighted by atomic mass is 10.0. The van der Waals surface area contributed by atoms with E-state index in [4.69, 9.17) is 4.74 Å². The van der Waals surface area contributed by atoms with Crippen LogP contribution in [-0.2, 0) is 9.53 Å². The van der Waals surface area contributed by atoms with Crippen LogP contribution >= 0.6 is 23.5 Å². The van der Waals surface area contributed by atoms with Crippen LogP contribution in [0.15, 0.2) is 21.9 Å². The third-order valence-electron chi connectivity index (χ3n) is 2.72. The molecule has 1 aromatic rings. The third kappa shape index (κ3) is 5.04. The molecule has 24 heavy (non-hydrogen) atoms. The predicted octanol–water partition coefficient (Wildman–Crippen LogP) is 4.57. The Morgan fingerprint density at radius 2 is 1.50 bits per heavy atom. The minimum absolute atomic E-state index is 0.0245. The smallest absolute Gasteiger partial charge is 0.343 e. The number of ether oxygens (including phenoxy) is 1. The first-order valence-electron chi connectivity index (χ1n) is 7.23. The molecule has 0 saturated carbocycles. The highest BCUT2D eigenvalue weighted by molar-refractivity contribution is 8.22. The molecule has 0 radical (unpaired) electrons. The molecular weight excluding hydrogens is 361 g/mol. The fraction of sp³-hybridized carbons (Fsp3) is 0.375. The van der Waals surface area contributed by atoms with Crippen LogP contribution in [0.5, 0.6) is 0 Å². The van der Waals surface area contributed by atoms with Crippen molar-refractivity contribution >= 4 is 35.3 Å². The Morgan fingerprint density at radius 1 is 0.958 bits per heavy atom. The summed E-state index contributed by atoms with van der Waals surface area (Å²) < 4.78 is 45.6. The molecule has 0 atom stereocenters. The average Bonchev–Trinajstić information content (AvgIpc) is 2.51. The standard InChI is InChI=1S/C16H17F3O3S2/c1-4-22-15(21)13(16(23-5-2)24-6-3)14(20)9-7-11(18)12(19)8-10(9)17/h7-8H,4-6H2,1-3H3. The number of hydrogen-bond donors (Lipinski definition) is 0. The van der Waals surface area contributed by atoms with E-state index >= 15 is 0 Å². The highest BCUT2D eigenvalue weighted by atomic mass is 32.2. The quantitative estimate of drug-likeness (QED) is 0.166. The molecule has 0 aliphatic heterocycles. The third-order valence-corrected chi connectivity index (χ3v) is 4.93. The molecule has 0 heterocycles. The minimum atomic E-state index is -1.41. The molecule has 0 aromatic heterocycles. The maximum absolute atomic E-state index is 13.9. The summed E-state index contributed by atoms with van der Waals surface area (Å²) in [6.07, 6.45) is 0. The van der Waals surface area contributed by atoms with Gasteiger partial charge in [-0.15, -0.1) is 23.5 Å². The van der Waals surface area contributed by atoms with Gasteiger partial charge in [0.2, 0.25) is 5.78 Å². The largest absolute Gasteiger partial charge is 0.462 e. The second-order valence-corrected chi connectivity index (χ2v) is 7.13. The number of thioether (sulfide) groups is 2. The number of rotatable bonds is 8. The van der Waals surface area contributed by atoms with Crippen LogP contribution in [0, 0.1) is 17.5 Å². The molecule has 0 unspecified atom stereocenters. The first kappa shape index (κ1) is 20.6. The van der Waals surface area contributed by atoms with Gasteiger partial charge in [0.15, 0.2) is 11.6 Å². The van der Waals surface area contributed by atoms with Gasteiger partial charge in [0, 0.05) is 6.07 Å². The van der Waals surface area contributed by atoms with Crippen molar-refractivity contribution in [2.24, 2.45) is 0 Å². The maximum atomic E-state index is 13.9. The van der Waals surface area contributed by atoms with E-state index in [0.717, 1.165) is 0 Å². The van der Waals surface area contributed by atoms with Gasteiger partial charge in [0.1, 0.15) is 11.4 Å². The zero-order valence-electron chi connectivity index (χ0n) is 13.5. The Hall–Kier alpha value is -1.41. The lowest BCUT2D eigenvalue weighted by Gasteiger charge is -2.13. The second kappa shape index (κ2) is 9.78. The summed E-state index contributed by atoms with van der Waals surface area (Å²) in [7, 11) is 0. The van der Waals surface area contributed by atoms with Crippen LogP contribution in [0.25, 0.3) is 0 Å². The van der Waals surface area contributed by atoms with Crippen molar-refractivity contribution in [2.75, 3.05) is 18.1 Å². The molecule has 0 bridgehead atoms. The molecule has 0 saturated heterocycles. The SMILES string of the molecule is CCOC(=O)C(C(=O)c1cc(F)c(F)cc1F)=C(SCC)SCC. The van der Waals surface area contributed by atoms with E-state index in [9.17, 15) is 22.8 Å². The molecule has 0 spiro atoms. The molecule has 1 aromatic carbocycles. The number of benzene rings is 1. The number of hydrogen-bond acceptors (Lipinski definition) is 5. The lowest BCUT2D eigenvalue weighted by Crippen LogP contribution is -2.19. The Bertz CT molecular complexity index is 652. The van der Waals surface area contributed by atoms with Crippen molar-refractivity contribution in [1.29, 1.82) is 0 Å². The van der Waals surface area contributed by atoms with Gasteiger partial charge in [-0.3, -0.25) is 4.79 Å². The van der Waals surface area contributed by atoms with Crippen LogP contribution in [0.2, 0.25) is 0 Å². The van der Waals surface area contributed by atoms with E-state index in [1.54, 1.807) is 6.92 Å². The molecule has 0 fully saturated rings. The van der Waals surface area contributed by atoms with Crippen molar-refractivity contribution in [3.63, 3.8) is 0 Å². The van der Waals surface area contributed by atoms with Crippen LogP contribution in [0.3, 0.4) is 0 Å². The molecule has 0 N–H and O–H groups in total. The fourth-order valence-corrected chi connectivity index (χ4v) is 3.96. The summed E-state index contributed by atoms with van der Waals surface area (Å²) in [5, 5.41) is 0. The molecule has 0 amide bonds. The van der Waals surface area contributed by atoms with Crippen molar-refractivity contribution in [3.05, 3.63) is 45.0 Å². The molecule has 3 nitrogen and oxygen atoms in total. The van der Waals surface area contributed by atoms with Crippen molar-refractivity contribution in [1.82, 2.24) is 0 Å². The summed E-state index contributed by atoms with van der Waals surface area (Å²) in [5.41, 5.74) is -1.07. The van der Waals surface area contributed by atoms with Gasteiger partial charge in [-0.25, -0.2) is 18.0 Å². The van der Waals surface area contributed by atoms with Gasteiger partial charge >= 0.3 is 5.97 Å². The van der Waals surface area contributed by atoms with Crippen LogP contribution in [0.4, 0.5) is 13.2 Å². The molecular formula is C16H17F3O3S2. The number of halogens is 3. The van der Waals surface area contributed by atoms with Crippen molar-refractivity contribution in [2.45, 2.75) is 20.8 Å². The first-order valence-corrected chi connectivity index (χ1v) is 9.20. The zero-order chi connectivity index (χ0) is 18.3. The van der Waals surface area contributed by atoms with E-state index in [1.807, 2.05) is 13.8 Å². The second-order valence-electron chi connectivity index (χ2n) is 4.32. The van der Waals surface area contributed by atoms with Gasteiger partial charge in [0.25, 0.3) is 0 Å². The predicted molar refractivity (Wildman–Crippen MR) is 90.6 cm³/mol. The van der Waals surface area contributed by atoms with Gasteiger partial charge in [-0.05, 0) is 24.5 Å². The van der Waals surface area contributed by atoms with Gasteiger partial charge in [-0.1, -0.05) is 13.8 Å². The van der Waals surface area contributed by atoms with Crippen LogP contribution in [-0.4, -0.2) is 29.9 Å². The Balaban J connectivity index is 3.48. The number of carbonyl (C=O) groups excluding carboxylic acids is 2. The Morgan fingerprint density at radius 3 is 2.00 bits per heavy atom. The number of esters is 1. The summed E-state index contributed by atoms with van der Waals surface area (Å²) >= 11 is 2.46. The molecule has 1 rings (SSSR count). The Kier molecular flexibility index (Phi) is 8.41. The highest BCUT2D eigenvalue weighted by Crippen LogP contribution is 2.34. The number of carbonyl (C=O) groups is 2. The van der Waals surface area contributed by atoms with E-state index in [2.05, 4.69) is 0 Å². The summed E-state index contributed by atoms with van der Waals surface area (Å²) in [6.45, 7) is 5.24. The summed E-state index contributed by atoms with van der Waals surface area (Å²) in [6, 6.07) is 0.738. The van der Waals surface area contributed by atoms with Crippen molar-refractivity contribution < 1.29 is 27.5 Å². The number of Topliss-reactive ketones (excluding diaryl/α,β-unsaturated/α-hetero) is 1. The molecule has 0 aliphatic rings. The fourth-order valence-electron chi connectivity index (χ4n) is 1.75. The summed E-state index contributed by atoms with van der Waals surface area (Å²) in [4.78, 5) is 24.8. The van der Waals surface area contributed by atoms with E-state index in [-0.39, 0.29) is 18.2 Å². The first-order chi connectivity index (χ1) is 11.4. The van der Waals surface area contributed by atoms with Crippen molar-refractivity contribution in [3.8, 4) is 0 Å². The number of ketones is 1. The maximum Gasteiger partial charge on any atom is 0.343 e. The normalized spacial score (nSPS) is 10.4. The topological polar surface area (TPSA) is 43.4 Å². The lowest BCUT2D eigenvalue weighted by molar-refractivity contribution is -0.138. The van der Waals surface area contributed by atoms with E-state index in [1.165, 1.54) is 23.5 Å². The molecule has 0 aliphatic carbocycles. The Labute approximate surface area is 147 Å². The van der Waals surface area contributed by atoms with E-state index < -0.39 is 34.8 Å². The van der Waals surface area contributed by atoms with Crippen LogP contribution < -0.4 is 0 Å². The van der Waals surface area contributed by atoms with Gasteiger partial charge in [-0.2, -0.15) is 0 Å². The monoisotopic (exact) mass is 378 g/mol.